The smallest absolute Gasteiger partial charge is 0.237 e. The van der Waals surface area contributed by atoms with Gasteiger partial charge in [-0.3, -0.25) is 4.79 Å². The second-order valence-corrected chi connectivity index (χ2v) is 5.03. The Hall–Kier alpha value is -0.610. The molecule has 0 aliphatic heterocycles. The highest BCUT2D eigenvalue weighted by atomic mass is 16.3. The molecule has 3 N–H and O–H groups in total. The first-order chi connectivity index (χ1) is 7.32. The summed E-state index contributed by atoms with van der Waals surface area (Å²) in [7, 11) is 0. The summed E-state index contributed by atoms with van der Waals surface area (Å²) in [4.78, 5) is 11.8. The molecule has 96 valence electrons. The molecule has 0 bridgehead atoms. The number of carbonyl (C=O) groups is 1. The maximum Gasteiger partial charge on any atom is 0.237 e. The Morgan fingerprint density at radius 2 is 1.94 bits per heavy atom. The third kappa shape index (κ3) is 6.08. The average Bonchev–Trinajstić information content (AvgIpc) is 2.17. The van der Waals surface area contributed by atoms with Crippen LogP contribution in [0.15, 0.2) is 0 Å². The predicted molar refractivity (Wildman–Crippen MR) is 66.3 cm³/mol. The number of rotatable bonds is 7. The van der Waals surface area contributed by atoms with Crippen molar-refractivity contribution in [1.29, 1.82) is 0 Å². The van der Waals surface area contributed by atoms with Gasteiger partial charge in [0, 0.05) is 18.2 Å². The lowest BCUT2D eigenvalue weighted by Gasteiger charge is -2.27. The highest BCUT2D eigenvalue weighted by Crippen LogP contribution is 2.07. The number of aliphatic hydroxyl groups excluding tert-OH is 1. The fourth-order valence-corrected chi connectivity index (χ4v) is 1.31. The van der Waals surface area contributed by atoms with Crippen LogP contribution in [0.3, 0.4) is 0 Å². The zero-order valence-corrected chi connectivity index (χ0v) is 11.1. The Balaban J connectivity index is 4.09. The Morgan fingerprint density at radius 1 is 1.38 bits per heavy atom. The maximum absolute atomic E-state index is 11.8. The maximum atomic E-state index is 11.8. The van der Waals surface area contributed by atoms with E-state index in [2.05, 4.69) is 10.6 Å². The van der Waals surface area contributed by atoms with E-state index >= 15 is 0 Å². The fourth-order valence-electron chi connectivity index (χ4n) is 1.31. The second kappa shape index (κ2) is 6.86. The summed E-state index contributed by atoms with van der Waals surface area (Å²) < 4.78 is 0. The molecule has 0 aliphatic carbocycles. The summed E-state index contributed by atoms with van der Waals surface area (Å²) in [5, 5.41) is 14.9. The van der Waals surface area contributed by atoms with E-state index in [0.717, 1.165) is 6.42 Å². The molecule has 0 saturated heterocycles. The molecule has 2 unspecified atom stereocenters. The number of aliphatic hydroxyl groups is 1. The number of hydrogen-bond donors (Lipinski definition) is 3. The predicted octanol–water partition coefficient (Wildman–Crippen LogP) is 1.04. The van der Waals surface area contributed by atoms with Gasteiger partial charge >= 0.3 is 0 Å². The zero-order valence-electron chi connectivity index (χ0n) is 11.1. The van der Waals surface area contributed by atoms with Crippen molar-refractivity contribution in [3.8, 4) is 0 Å². The SMILES string of the molecule is CCC(C)(C)NC(=O)C(C)NC(C)CCO. The normalized spacial score (nSPS) is 15.6. The van der Waals surface area contributed by atoms with Gasteiger partial charge in [-0.25, -0.2) is 0 Å². The molecule has 0 aromatic heterocycles. The minimum atomic E-state index is -0.229. The summed E-state index contributed by atoms with van der Waals surface area (Å²) in [5.74, 6) is 0.0108. The van der Waals surface area contributed by atoms with Gasteiger partial charge in [0.25, 0.3) is 0 Å². The number of amides is 1. The summed E-state index contributed by atoms with van der Waals surface area (Å²) in [6.45, 7) is 10.0. The number of nitrogens with one attached hydrogen (secondary N) is 2. The van der Waals surface area contributed by atoms with Crippen LogP contribution in [-0.2, 0) is 4.79 Å². The summed E-state index contributed by atoms with van der Waals surface area (Å²) >= 11 is 0. The lowest BCUT2D eigenvalue weighted by atomic mass is 10.0. The van der Waals surface area contributed by atoms with E-state index in [1.807, 2.05) is 34.6 Å². The molecular formula is C12H26N2O2. The lowest BCUT2D eigenvalue weighted by molar-refractivity contribution is -0.124. The van der Waals surface area contributed by atoms with Crippen molar-refractivity contribution in [2.24, 2.45) is 0 Å². The Morgan fingerprint density at radius 3 is 2.38 bits per heavy atom. The van der Waals surface area contributed by atoms with E-state index in [0.29, 0.717) is 6.42 Å². The van der Waals surface area contributed by atoms with Crippen LogP contribution in [0.25, 0.3) is 0 Å². The van der Waals surface area contributed by atoms with Crippen molar-refractivity contribution >= 4 is 5.91 Å². The van der Waals surface area contributed by atoms with E-state index in [-0.39, 0.29) is 30.1 Å². The highest BCUT2D eigenvalue weighted by Gasteiger charge is 2.22. The van der Waals surface area contributed by atoms with Crippen molar-refractivity contribution in [3.05, 3.63) is 0 Å². The fraction of sp³-hybridized carbons (Fsp3) is 0.917. The zero-order chi connectivity index (χ0) is 12.8. The lowest BCUT2D eigenvalue weighted by Crippen LogP contribution is -2.52. The van der Waals surface area contributed by atoms with Gasteiger partial charge in [-0.2, -0.15) is 0 Å². The van der Waals surface area contributed by atoms with Crippen LogP contribution < -0.4 is 10.6 Å². The van der Waals surface area contributed by atoms with E-state index in [9.17, 15) is 4.79 Å². The topological polar surface area (TPSA) is 61.4 Å². The van der Waals surface area contributed by atoms with Crippen LogP contribution in [-0.4, -0.2) is 35.2 Å². The number of carbonyl (C=O) groups excluding carboxylic acids is 1. The molecule has 4 heteroatoms. The molecular weight excluding hydrogens is 204 g/mol. The quantitative estimate of drug-likeness (QED) is 0.612. The molecule has 0 rings (SSSR count). The molecule has 0 aromatic carbocycles. The number of hydrogen-bond acceptors (Lipinski definition) is 3. The minimum Gasteiger partial charge on any atom is -0.396 e. The largest absolute Gasteiger partial charge is 0.396 e. The van der Waals surface area contributed by atoms with Gasteiger partial charge in [0.05, 0.1) is 6.04 Å². The van der Waals surface area contributed by atoms with Crippen LogP contribution in [0.2, 0.25) is 0 Å². The molecule has 1 amide bonds. The van der Waals surface area contributed by atoms with Gasteiger partial charge in [0.2, 0.25) is 5.91 Å². The van der Waals surface area contributed by atoms with Crippen LogP contribution in [0.5, 0.6) is 0 Å². The van der Waals surface area contributed by atoms with Crippen molar-refractivity contribution in [2.75, 3.05) is 6.61 Å². The van der Waals surface area contributed by atoms with Gasteiger partial charge in [-0.15, -0.1) is 0 Å². The first-order valence-corrected chi connectivity index (χ1v) is 6.01. The molecule has 4 nitrogen and oxygen atoms in total. The van der Waals surface area contributed by atoms with Crippen molar-refractivity contribution in [1.82, 2.24) is 10.6 Å². The highest BCUT2D eigenvalue weighted by molar-refractivity contribution is 5.82. The van der Waals surface area contributed by atoms with Crippen molar-refractivity contribution in [2.45, 2.75) is 65.1 Å². The van der Waals surface area contributed by atoms with Gasteiger partial charge in [-0.1, -0.05) is 6.92 Å². The van der Waals surface area contributed by atoms with Gasteiger partial charge in [-0.05, 0) is 40.5 Å². The van der Waals surface area contributed by atoms with Crippen LogP contribution in [0.1, 0.15) is 47.5 Å². The molecule has 0 aliphatic rings. The third-order valence-corrected chi connectivity index (χ3v) is 2.84. The summed E-state index contributed by atoms with van der Waals surface area (Å²) in [6, 6.07) is -0.0807. The van der Waals surface area contributed by atoms with Crippen molar-refractivity contribution < 1.29 is 9.90 Å². The molecule has 0 spiro atoms. The first kappa shape index (κ1) is 15.4. The molecule has 0 radical (unpaired) electrons. The Labute approximate surface area is 98.8 Å². The Kier molecular flexibility index (Phi) is 6.60. The van der Waals surface area contributed by atoms with Crippen LogP contribution in [0, 0.1) is 0 Å². The van der Waals surface area contributed by atoms with E-state index in [4.69, 9.17) is 5.11 Å². The third-order valence-electron chi connectivity index (χ3n) is 2.84. The molecule has 0 fully saturated rings. The average molecular weight is 230 g/mol. The van der Waals surface area contributed by atoms with E-state index < -0.39 is 0 Å². The molecule has 2 atom stereocenters. The van der Waals surface area contributed by atoms with Gasteiger partial charge in [0.1, 0.15) is 0 Å². The van der Waals surface area contributed by atoms with Gasteiger partial charge in [0.15, 0.2) is 0 Å². The second-order valence-electron chi connectivity index (χ2n) is 5.03. The molecule has 16 heavy (non-hydrogen) atoms. The molecule has 0 saturated carbocycles. The van der Waals surface area contributed by atoms with Crippen molar-refractivity contribution in [3.63, 3.8) is 0 Å². The molecule has 0 aromatic rings. The Bertz CT molecular complexity index is 217. The van der Waals surface area contributed by atoms with E-state index in [1.54, 1.807) is 0 Å². The first-order valence-electron chi connectivity index (χ1n) is 6.01. The summed E-state index contributed by atoms with van der Waals surface area (Å²) in [6.07, 6.45) is 1.56. The van der Waals surface area contributed by atoms with E-state index in [1.165, 1.54) is 0 Å². The standard InChI is InChI=1S/C12H26N2O2/c1-6-12(4,5)14-11(16)10(3)13-9(2)7-8-15/h9-10,13,15H,6-8H2,1-5H3,(H,14,16). The van der Waals surface area contributed by atoms with Gasteiger partial charge < -0.3 is 15.7 Å². The molecule has 0 heterocycles. The summed E-state index contributed by atoms with van der Waals surface area (Å²) in [5.41, 5.74) is -0.159. The monoisotopic (exact) mass is 230 g/mol. The minimum absolute atomic E-state index is 0.0108. The van der Waals surface area contributed by atoms with Crippen LogP contribution in [0.4, 0.5) is 0 Å². The van der Waals surface area contributed by atoms with Crippen LogP contribution >= 0.6 is 0 Å².